The zero-order valence-electron chi connectivity index (χ0n) is 50.5. The van der Waals surface area contributed by atoms with Gasteiger partial charge in [-0.15, -0.1) is 0 Å². The Hall–Kier alpha value is -6.94. The maximum atomic E-state index is 13.6. The van der Waals surface area contributed by atoms with Crippen molar-refractivity contribution >= 4 is 66.9 Å². The number of primary amides is 1. The van der Waals surface area contributed by atoms with E-state index in [-0.39, 0.29) is 128 Å². The van der Waals surface area contributed by atoms with Crippen LogP contribution in [0.5, 0.6) is 0 Å². The zero-order valence-corrected chi connectivity index (χ0v) is 51.3. The van der Waals surface area contributed by atoms with Crippen molar-refractivity contribution in [3.63, 3.8) is 0 Å². The molecular formula is C59H88N7O20P. The van der Waals surface area contributed by atoms with Crippen molar-refractivity contribution in [1.82, 2.24) is 25.3 Å². The Morgan fingerprint density at radius 1 is 0.874 bits per heavy atom. The van der Waals surface area contributed by atoms with Gasteiger partial charge in [-0.3, -0.25) is 43.0 Å². The van der Waals surface area contributed by atoms with Gasteiger partial charge in [0.2, 0.25) is 41.4 Å². The number of cyclic esters (lactones) is 1. The third-order valence-corrected chi connectivity index (χ3v) is 14.1. The van der Waals surface area contributed by atoms with E-state index in [0.717, 1.165) is 0 Å². The first-order valence-corrected chi connectivity index (χ1v) is 30.4. The van der Waals surface area contributed by atoms with Crippen molar-refractivity contribution in [3.05, 3.63) is 90.6 Å². The minimum atomic E-state index is -5.08. The Balaban J connectivity index is 1.37. The van der Waals surface area contributed by atoms with Crippen LogP contribution >= 0.6 is 7.82 Å². The van der Waals surface area contributed by atoms with E-state index in [2.05, 4.69) is 16.0 Å². The van der Waals surface area contributed by atoms with Gasteiger partial charge in [-0.2, -0.15) is 0 Å². The monoisotopic (exact) mass is 1250 g/mol. The normalized spacial score (nSPS) is 17.6. The van der Waals surface area contributed by atoms with Crippen LogP contribution < -0.4 is 21.7 Å². The summed E-state index contributed by atoms with van der Waals surface area (Å²) in [5.41, 5.74) is 4.33. The molecule has 3 rings (SSSR count). The standard InChI is InChI=1S/C59H88N7O20P/c1-41(2)54(63-50(69)27-32-81-34-36-83-37-35-82-33-31-66-52(71)38-42(3)57(66)75)56(74)62-47(18-13-14-19-49(60)68)55(73)61-44-24-22-43(23-25-44)40-84-58(76)65(6)30-29-64(5)51(70)20-12-10-8-7-9-11-16-45(67)39-48(86-87(78,79)80)59(4,77)28-26-46-17-15-21-53(72)85-46/h7-11,15-16,21-26,28,41-42,45-48,54,67,77H,12-14,17-20,27,29-40H2,1-6H3,(H2,60,68)(H,61,73)(H,62,74)(H,63,69)(H2,78,79,80)/b9-7-,10-8-,16-11-,28-26+/t42?,45-,46+,47+,48+,54+,59+/m1/s1. The van der Waals surface area contributed by atoms with Gasteiger partial charge >= 0.3 is 19.9 Å². The summed E-state index contributed by atoms with van der Waals surface area (Å²) in [6, 6.07) is 4.44. The fraction of sp³-hybridized carbons (Fsp3) is 0.576. The van der Waals surface area contributed by atoms with E-state index in [9.17, 15) is 67.7 Å². The summed E-state index contributed by atoms with van der Waals surface area (Å²) in [6.07, 6.45) is 12.4. The van der Waals surface area contributed by atoms with Gasteiger partial charge in [0.25, 0.3) is 0 Å². The number of hydrogen-bond acceptors (Lipinski definition) is 18. The second-order valence-electron chi connectivity index (χ2n) is 21.4. The van der Waals surface area contributed by atoms with Crippen molar-refractivity contribution in [2.75, 3.05) is 78.7 Å². The third kappa shape index (κ3) is 30.5. The number of carbonyl (C=O) groups is 9. The Morgan fingerprint density at radius 3 is 2.16 bits per heavy atom. The maximum Gasteiger partial charge on any atom is 0.469 e. The molecule has 0 aromatic heterocycles. The lowest BCUT2D eigenvalue weighted by molar-refractivity contribution is -0.142. The molecule has 1 aromatic rings. The average Bonchev–Trinajstić information content (AvgIpc) is 3.44. The number of rotatable bonds is 41. The number of imide groups is 1. The summed E-state index contributed by atoms with van der Waals surface area (Å²) in [7, 11) is -1.94. The molecule has 0 aliphatic carbocycles. The van der Waals surface area contributed by atoms with Gasteiger partial charge in [-0.05, 0) is 55.9 Å². The van der Waals surface area contributed by atoms with E-state index < -0.39 is 85.9 Å². The Labute approximate surface area is 507 Å². The average molecular weight is 1250 g/mol. The number of nitrogens with two attached hydrogens (primary N) is 1. The van der Waals surface area contributed by atoms with Crippen molar-refractivity contribution in [1.29, 1.82) is 0 Å². The molecule has 2 aliphatic rings. The third-order valence-electron chi connectivity index (χ3n) is 13.5. The summed E-state index contributed by atoms with van der Waals surface area (Å²) >= 11 is 0. The first kappa shape index (κ1) is 74.3. The number of benzene rings is 1. The summed E-state index contributed by atoms with van der Waals surface area (Å²) in [6.45, 7) is 8.13. The minimum Gasteiger partial charge on any atom is -0.455 e. The van der Waals surface area contributed by atoms with Crippen LogP contribution in [0.1, 0.15) is 97.5 Å². The van der Waals surface area contributed by atoms with Crippen LogP contribution in [0.2, 0.25) is 0 Å². The summed E-state index contributed by atoms with van der Waals surface area (Å²) in [5.74, 6) is -3.89. The van der Waals surface area contributed by atoms with Crippen LogP contribution in [-0.2, 0) is 77.7 Å². The number of ether oxygens (including phenoxy) is 5. The highest BCUT2D eigenvalue weighted by atomic mass is 31.2. The molecule has 0 radical (unpaired) electrons. The highest BCUT2D eigenvalue weighted by Crippen LogP contribution is 2.41. The van der Waals surface area contributed by atoms with E-state index in [1.807, 2.05) is 0 Å². The van der Waals surface area contributed by atoms with Gasteiger partial charge in [-0.1, -0.05) is 87.9 Å². The molecule has 484 valence electrons. The molecule has 0 saturated carbocycles. The molecule has 8 amide bonds. The van der Waals surface area contributed by atoms with Crippen molar-refractivity contribution < 1.29 is 95.9 Å². The molecule has 0 spiro atoms. The first-order chi connectivity index (χ1) is 41.1. The number of likely N-dealkylation sites (tertiary alicyclic amines) is 1. The highest BCUT2D eigenvalue weighted by Gasteiger charge is 2.38. The smallest absolute Gasteiger partial charge is 0.455 e. The SMILES string of the molecule is CC1CC(=O)N(CCOCCOCCOCCC(=O)N[C@H](C(=O)N[C@@H](CCCCC(N)=O)C(=O)Nc2ccc(COC(=O)N(C)CCN(C)C(=O)CC\C=C/C=C\C=C/[C@@H](O)C[C@H](OP(=O)(O)O)[C@@](C)(O)/C=C/[C@@H]3CC=CC(=O)O3)cc2)C(C)C)C1=O. The number of esters is 1. The van der Waals surface area contributed by atoms with Crippen LogP contribution in [0.15, 0.2) is 85.0 Å². The van der Waals surface area contributed by atoms with Gasteiger partial charge in [0.05, 0.1) is 52.3 Å². The molecule has 2 aliphatic heterocycles. The Kier molecular flexibility index (Phi) is 33.4. The van der Waals surface area contributed by atoms with Gasteiger partial charge in [0, 0.05) is 83.4 Å². The summed E-state index contributed by atoms with van der Waals surface area (Å²) in [5, 5.41) is 29.8. The number of nitrogens with zero attached hydrogens (tertiary/aromatic N) is 3. The van der Waals surface area contributed by atoms with Crippen molar-refractivity contribution in [3.8, 4) is 0 Å². The predicted octanol–water partition coefficient (Wildman–Crippen LogP) is 3.01. The number of nitrogens with one attached hydrogen (secondary N) is 3. The molecule has 7 atom stereocenters. The molecule has 9 N–H and O–H groups in total. The molecule has 28 heteroatoms. The largest absolute Gasteiger partial charge is 0.469 e. The van der Waals surface area contributed by atoms with E-state index in [0.29, 0.717) is 36.9 Å². The molecule has 1 fully saturated rings. The number of carbonyl (C=O) groups excluding carboxylic acids is 9. The van der Waals surface area contributed by atoms with Gasteiger partial charge in [0.15, 0.2) is 0 Å². The van der Waals surface area contributed by atoms with E-state index in [4.69, 9.17) is 33.9 Å². The van der Waals surface area contributed by atoms with Crippen LogP contribution in [0.25, 0.3) is 0 Å². The predicted molar refractivity (Wildman–Crippen MR) is 317 cm³/mol. The van der Waals surface area contributed by atoms with Crippen molar-refractivity contribution in [2.45, 2.75) is 135 Å². The molecule has 27 nitrogen and oxygen atoms in total. The molecule has 1 aromatic carbocycles. The minimum absolute atomic E-state index is 0.0514. The van der Waals surface area contributed by atoms with E-state index >= 15 is 0 Å². The van der Waals surface area contributed by atoms with Gasteiger partial charge in [0.1, 0.15) is 36.5 Å². The topological polar surface area (TPSA) is 379 Å². The lowest BCUT2D eigenvalue weighted by Crippen LogP contribution is -2.54. The van der Waals surface area contributed by atoms with Crippen LogP contribution in [0, 0.1) is 11.8 Å². The number of likely N-dealkylation sites (N-methyl/N-ethyl adjacent to an activating group) is 2. The fourth-order valence-corrected chi connectivity index (χ4v) is 9.03. The molecule has 1 saturated heterocycles. The lowest BCUT2D eigenvalue weighted by Gasteiger charge is -2.31. The Bertz CT molecular complexity index is 2620. The number of unbranched alkanes of at least 4 members (excludes halogenated alkanes) is 1. The fourth-order valence-electron chi connectivity index (χ4n) is 8.40. The van der Waals surface area contributed by atoms with Gasteiger partial charge in [-0.25, -0.2) is 14.2 Å². The lowest BCUT2D eigenvalue weighted by atomic mass is 9.93. The summed E-state index contributed by atoms with van der Waals surface area (Å²) < 4.78 is 43.5. The number of phosphoric acid groups is 1. The van der Waals surface area contributed by atoms with Crippen LogP contribution in [0.4, 0.5) is 10.5 Å². The number of phosphoric ester groups is 1. The first-order valence-electron chi connectivity index (χ1n) is 28.8. The number of allylic oxidation sites excluding steroid dienone is 5. The number of amides is 8. The van der Waals surface area contributed by atoms with Crippen molar-refractivity contribution in [2.24, 2.45) is 17.6 Å². The quantitative estimate of drug-likeness (QED) is 0.0117. The molecule has 1 unspecified atom stereocenters. The number of hydrogen-bond donors (Lipinski definition) is 8. The maximum absolute atomic E-state index is 13.6. The molecule has 2 heterocycles. The number of anilines is 1. The second-order valence-corrected chi connectivity index (χ2v) is 22.6. The second kappa shape index (κ2) is 39.1. The highest BCUT2D eigenvalue weighted by molar-refractivity contribution is 7.46. The molecular weight excluding hydrogens is 1160 g/mol. The number of aliphatic hydroxyl groups excluding tert-OH is 1. The van der Waals surface area contributed by atoms with Crippen LogP contribution in [0.3, 0.4) is 0 Å². The molecule has 87 heavy (non-hydrogen) atoms. The molecule has 0 bridgehead atoms. The zero-order chi connectivity index (χ0) is 64.5. The van der Waals surface area contributed by atoms with E-state index in [1.54, 1.807) is 82.5 Å². The van der Waals surface area contributed by atoms with Gasteiger partial charge < -0.3 is 75.2 Å². The Morgan fingerprint density at radius 2 is 1.53 bits per heavy atom. The number of aliphatic hydroxyl groups is 2. The van der Waals surface area contributed by atoms with E-state index in [1.165, 1.54) is 59.1 Å². The van der Waals surface area contributed by atoms with Crippen LogP contribution in [-0.4, -0.2) is 197 Å². The summed E-state index contributed by atoms with van der Waals surface area (Å²) in [4.78, 5) is 135.